The number of esters is 1. The summed E-state index contributed by atoms with van der Waals surface area (Å²) in [6.45, 7) is 2.68. The molecule has 0 amide bonds. The first-order valence-electron chi connectivity index (χ1n) is 9.89. The van der Waals surface area contributed by atoms with Crippen LogP contribution in [0.1, 0.15) is 37.6 Å². The highest BCUT2D eigenvalue weighted by molar-refractivity contribution is 7.13. The fourth-order valence-electron chi connectivity index (χ4n) is 3.54. The summed E-state index contributed by atoms with van der Waals surface area (Å²) in [6, 6.07) is 6.73. The van der Waals surface area contributed by atoms with Crippen LogP contribution in [0.4, 0.5) is 10.2 Å². The van der Waals surface area contributed by atoms with Gasteiger partial charge in [-0.15, -0.1) is 21.5 Å². The van der Waals surface area contributed by atoms with E-state index in [1.165, 1.54) is 17.4 Å². The number of ether oxygens (including phenoxy) is 1. The lowest BCUT2D eigenvalue weighted by atomic mass is 9.66. The number of hydrogen-bond donors (Lipinski definition) is 1. The number of hydrogen-bond acceptors (Lipinski definition) is 8. The molecule has 1 saturated carbocycles. The van der Waals surface area contributed by atoms with Crippen LogP contribution in [0.2, 0.25) is 0 Å². The Morgan fingerprint density at radius 1 is 1.30 bits per heavy atom. The Bertz CT molecular complexity index is 1020. The molecule has 4 rings (SSSR count). The summed E-state index contributed by atoms with van der Waals surface area (Å²) in [7, 11) is 0. The Labute approximate surface area is 177 Å². The summed E-state index contributed by atoms with van der Waals surface area (Å²) in [6.07, 6.45) is 4.62. The molecule has 0 aliphatic heterocycles. The van der Waals surface area contributed by atoms with Gasteiger partial charge in [0.1, 0.15) is 22.3 Å². The number of nitrogens with zero attached hydrogens (tertiary/aromatic N) is 4. The minimum Gasteiger partial charge on any atom is -0.466 e. The second-order valence-electron chi connectivity index (χ2n) is 7.25. The van der Waals surface area contributed by atoms with Gasteiger partial charge < -0.3 is 10.1 Å². The van der Waals surface area contributed by atoms with Crippen LogP contribution in [-0.2, 0) is 21.4 Å². The fourth-order valence-corrected chi connectivity index (χ4v) is 4.33. The molecule has 3 aromatic rings. The van der Waals surface area contributed by atoms with Gasteiger partial charge in [0.15, 0.2) is 0 Å². The van der Waals surface area contributed by atoms with Gasteiger partial charge in [0, 0.05) is 23.5 Å². The smallest absolute Gasteiger partial charge is 0.311 e. The van der Waals surface area contributed by atoms with Crippen molar-refractivity contribution in [3.8, 4) is 10.7 Å². The molecule has 9 heteroatoms. The van der Waals surface area contributed by atoms with Gasteiger partial charge >= 0.3 is 5.97 Å². The summed E-state index contributed by atoms with van der Waals surface area (Å²) < 4.78 is 19.2. The molecular formula is C21H22FN5O2S. The first-order valence-corrected chi connectivity index (χ1v) is 10.8. The van der Waals surface area contributed by atoms with Crippen molar-refractivity contribution in [2.75, 3.05) is 18.5 Å². The van der Waals surface area contributed by atoms with E-state index in [0.29, 0.717) is 41.1 Å². The van der Waals surface area contributed by atoms with Gasteiger partial charge in [-0.2, -0.15) is 0 Å². The highest BCUT2D eigenvalue weighted by Gasteiger charge is 2.41. The molecule has 1 N–H and O–H groups in total. The molecule has 1 fully saturated rings. The van der Waals surface area contributed by atoms with E-state index < -0.39 is 0 Å². The predicted molar refractivity (Wildman–Crippen MR) is 112 cm³/mol. The molecule has 0 aromatic carbocycles. The minimum atomic E-state index is -0.303. The lowest BCUT2D eigenvalue weighted by molar-refractivity contribution is -0.142. The van der Waals surface area contributed by atoms with Crippen LogP contribution >= 0.6 is 11.3 Å². The molecule has 0 atom stereocenters. The molecule has 0 bridgehead atoms. The second kappa shape index (κ2) is 8.83. The average Bonchev–Trinajstić information content (AvgIpc) is 3.17. The minimum absolute atomic E-state index is 0.142. The predicted octanol–water partition coefficient (Wildman–Crippen LogP) is 3.77. The van der Waals surface area contributed by atoms with Crippen molar-refractivity contribution in [3.05, 3.63) is 53.0 Å². The number of rotatable bonds is 8. The van der Waals surface area contributed by atoms with E-state index in [4.69, 9.17) is 4.74 Å². The Morgan fingerprint density at radius 3 is 2.83 bits per heavy atom. The van der Waals surface area contributed by atoms with E-state index in [1.807, 2.05) is 17.5 Å². The molecule has 1 aliphatic rings. The third-order valence-electron chi connectivity index (χ3n) is 5.25. The van der Waals surface area contributed by atoms with Gasteiger partial charge in [0.25, 0.3) is 0 Å². The first-order chi connectivity index (χ1) is 14.6. The van der Waals surface area contributed by atoms with Crippen LogP contribution in [0.25, 0.3) is 10.7 Å². The summed E-state index contributed by atoms with van der Waals surface area (Å²) in [5.41, 5.74) is 1.50. The zero-order valence-electron chi connectivity index (χ0n) is 16.6. The molecule has 0 saturated heterocycles. The maximum absolute atomic E-state index is 14.2. The monoisotopic (exact) mass is 427 g/mol. The summed E-state index contributed by atoms with van der Waals surface area (Å²) in [5.74, 6) is 0.0572. The second-order valence-corrected chi connectivity index (χ2v) is 8.11. The lowest BCUT2D eigenvalue weighted by Gasteiger charge is -2.41. The van der Waals surface area contributed by atoms with Crippen LogP contribution in [-0.4, -0.2) is 39.3 Å². The maximum atomic E-state index is 14.2. The number of carbonyl (C=O) groups is 1. The standard InChI is InChI=1S/C21H22FN5O2S/c1-2-29-18(28)11-14-12-30-20(25-14)16-6-7-17(27-26-16)24-13-21(8-4-9-21)19-15(22)5-3-10-23-19/h3,5-7,10,12H,2,4,8-9,11,13H2,1H3,(H,24,27). The molecule has 1 aliphatic carbocycles. The average molecular weight is 428 g/mol. The van der Waals surface area contributed by atoms with Crippen molar-refractivity contribution < 1.29 is 13.9 Å². The van der Waals surface area contributed by atoms with Crippen LogP contribution in [0.5, 0.6) is 0 Å². The van der Waals surface area contributed by atoms with Gasteiger partial charge in [-0.05, 0) is 44.0 Å². The van der Waals surface area contributed by atoms with Crippen molar-refractivity contribution >= 4 is 23.1 Å². The Kier molecular flexibility index (Phi) is 5.98. The van der Waals surface area contributed by atoms with Crippen molar-refractivity contribution in [3.63, 3.8) is 0 Å². The Hall–Kier alpha value is -2.94. The highest BCUT2D eigenvalue weighted by Crippen LogP contribution is 2.43. The van der Waals surface area contributed by atoms with Crippen LogP contribution in [0.15, 0.2) is 35.8 Å². The maximum Gasteiger partial charge on any atom is 0.311 e. The normalized spacial score (nSPS) is 14.7. The van der Waals surface area contributed by atoms with Gasteiger partial charge in [0.2, 0.25) is 0 Å². The molecule has 30 heavy (non-hydrogen) atoms. The SMILES string of the molecule is CCOC(=O)Cc1csc(-c2ccc(NCC3(c4ncccc4F)CCC3)nn2)n1. The van der Waals surface area contributed by atoms with E-state index >= 15 is 0 Å². The fraction of sp³-hybridized carbons (Fsp3) is 0.381. The third kappa shape index (κ3) is 4.30. The topological polar surface area (TPSA) is 89.9 Å². The summed E-state index contributed by atoms with van der Waals surface area (Å²) in [4.78, 5) is 20.3. The largest absolute Gasteiger partial charge is 0.466 e. The molecule has 7 nitrogen and oxygen atoms in total. The van der Waals surface area contributed by atoms with Crippen LogP contribution < -0.4 is 5.32 Å². The summed E-state index contributed by atoms with van der Waals surface area (Å²) in [5, 5.41) is 14.3. The van der Waals surface area contributed by atoms with Gasteiger partial charge in [0.05, 0.1) is 24.4 Å². The van der Waals surface area contributed by atoms with E-state index in [2.05, 4.69) is 25.5 Å². The quantitative estimate of drug-likeness (QED) is 0.547. The van der Waals surface area contributed by atoms with Gasteiger partial charge in [-0.3, -0.25) is 9.78 Å². The van der Waals surface area contributed by atoms with E-state index in [1.54, 1.807) is 19.2 Å². The Morgan fingerprint density at radius 2 is 2.17 bits per heavy atom. The number of aromatic nitrogens is 4. The number of pyridine rings is 1. The zero-order valence-corrected chi connectivity index (χ0v) is 17.4. The lowest BCUT2D eigenvalue weighted by Crippen LogP contribution is -2.42. The van der Waals surface area contributed by atoms with Gasteiger partial charge in [-0.25, -0.2) is 9.37 Å². The van der Waals surface area contributed by atoms with E-state index in [-0.39, 0.29) is 23.6 Å². The highest BCUT2D eigenvalue weighted by atomic mass is 32.1. The Balaban J connectivity index is 1.40. The molecule has 0 spiro atoms. The van der Waals surface area contributed by atoms with Crippen molar-refractivity contribution in [1.82, 2.24) is 20.2 Å². The van der Waals surface area contributed by atoms with E-state index in [0.717, 1.165) is 19.3 Å². The number of thiazole rings is 1. The molecule has 3 aromatic heterocycles. The number of carbonyl (C=O) groups excluding carboxylic acids is 1. The molecule has 156 valence electrons. The molecule has 3 heterocycles. The summed E-state index contributed by atoms with van der Waals surface area (Å²) >= 11 is 1.41. The van der Waals surface area contributed by atoms with Crippen molar-refractivity contribution in [2.45, 2.75) is 38.0 Å². The molecular weight excluding hydrogens is 405 g/mol. The third-order valence-corrected chi connectivity index (χ3v) is 6.16. The molecule has 0 unspecified atom stereocenters. The van der Waals surface area contributed by atoms with Crippen LogP contribution in [0.3, 0.4) is 0 Å². The number of halogens is 1. The molecule has 0 radical (unpaired) electrons. The van der Waals surface area contributed by atoms with E-state index in [9.17, 15) is 9.18 Å². The van der Waals surface area contributed by atoms with Crippen LogP contribution in [0, 0.1) is 5.82 Å². The van der Waals surface area contributed by atoms with Crippen molar-refractivity contribution in [1.29, 1.82) is 0 Å². The van der Waals surface area contributed by atoms with Crippen molar-refractivity contribution in [2.24, 2.45) is 0 Å². The zero-order chi connectivity index (χ0) is 21.0. The van der Waals surface area contributed by atoms with Gasteiger partial charge in [-0.1, -0.05) is 6.42 Å². The number of anilines is 1. The first kappa shape index (κ1) is 20.3. The number of nitrogens with one attached hydrogen (secondary N) is 1.